The smallest absolute Gasteiger partial charge is 0.167 e. The molecule has 0 aliphatic carbocycles. The lowest BCUT2D eigenvalue weighted by atomic mass is 10.1. The standard InChI is InChI=1S/C15H17ClN4S/c1-3-8-18-15(21)19-13(14-17-9-10-20(14)2)11-4-6-12(16)7-5-11/h3-7,9-10,13H,1,8H2,2H3,(H2,18,19,21)/t13-/m1/s1. The molecule has 0 unspecified atom stereocenters. The summed E-state index contributed by atoms with van der Waals surface area (Å²) in [6, 6.07) is 7.49. The molecular formula is C15H17ClN4S. The highest BCUT2D eigenvalue weighted by Crippen LogP contribution is 2.22. The second kappa shape index (κ2) is 7.24. The monoisotopic (exact) mass is 320 g/mol. The molecule has 0 saturated heterocycles. The molecule has 1 aromatic carbocycles. The van der Waals surface area contributed by atoms with E-state index in [4.69, 9.17) is 23.8 Å². The van der Waals surface area contributed by atoms with Crippen LogP contribution in [0.4, 0.5) is 0 Å². The van der Waals surface area contributed by atoms with Crippen molar-refractivity contribution in [2.75, 3.05) is 6.54 Å². The first kappa shape index (κ1) is 15.5. The first-order valence-corrected chi connectivity index (χ1v) is 7.28. The molecule has 1 aromatic heterocycles. The van der Waals surface area contributed by atoms with Gasteiger partial charge in [-0.2, -0.15) is 0 Å². The van der Waals surface area contributed by atoms with Gasteiger partial charge in [0.15, 0.2) is 5.11 Å². The second-order valence-corrected chi connectivity index (χ2v) is 5.37. The minimum Gasteiger partial charge on any atom is -0.359 e. The number of hydrogen-bond acceptors (Lipinski definition) is 2. The Bertz CT molecular complexity index is 621. The van der Waals surface area contributed by atoms with Gasteiger partial charge in [-0.25, -0.2) is 4.98 Å². The summed E-state index contributed by atoms with van der Waals surface area (Å²) in [5, 5.41) is 7.59. The van der Waals surface area contributed by atoms with E-state index in [2.05, 4.69) is 22.2 Å². The molecule has 0 spiro atoms. The van der Waals surface area contributed by atoms with E-state index in [9.17, 15) is 0 Å². The van der Waals surface area contributed by atoms with Crippen LogP contribution in [0.5, 0.6) is 0 Å². The van der Waals surface area contributed by atoms with Crippen LogP contribution in [0.3, 0.4) is 0 Å². The van der Waals surface area contributed by atoms with E-state index < -0.39 is 0 Å². The number of halogens is 1. The number of benzene rings is 1. The zero-order valence-electron chi connectivity index (χ0n) is 11.7. The highest BCUT2D eigenvalue weighted by molar-refractivity contribution is 7.80. The maximum absolute atomic E-state index is 5.96. The minimum atomic E-state index is -0.146. The Morgan fingerprint density at radius 3 is 2.76 bits per heavy atom. The van der Waals surface area contributed by atoms with Crippen LogP contribution in [0.1, 0.15) is 17.4 Å². The van der Waals surface area contributed by atoms with Crippen LogP contribution in [0.2, 0.25) is 5.02 Å². The zero-order chi connectivity index (χ0) is 15.2. The summed E-state index contributed by atoms with van der Waals surface area (Å²) in [4.78, 5) is 4.41. The van der Waals surface area contributed by atoms with Gasteiger partial charge >= 0.3 is 0 Å². The summed E-state index contributed by atoms with van der Waals surface area (Å²) in [6.07, 6.45) is 5.42. The number of aromatic nitrogens is 2. The molecule has 110 valence electrons. The van der Waals surface area contributed by atoms with Gasteiger partial charge in [-0.3, -0.25) is 0 Å². The van der Waals surface area contributed by atoms with Crippen LogP contribution in [0, 0.1) is 0 Å². The lowest BCUT2D eigenvalue weighted by Gasteiger charge is -2.21. The minimum absolute atomic E-state index is 0.146. The third-order valence-electron chi connectivity index (χ3n) is 3.00. The molecule has 6 heteroatoms. The van der Waals surface area contributed by atoms with Crippen molar-refractivity contribution in [3.8, 4) is 0 Å². The van der Waals surface area contributed by atoms with Gasteiger partial charge in [-0.15, -0.1) is 6.58 Å². The van der Waals surface area contributed by atoms with Crippen LogP contribution in [0.25, 0.3) is 0 Å². The fourth-order valence-electron chi connectivity index (χ4n) is 1.95. The number of rotatable bonds is 5. The molecule has 0 saturated carbocycles. The van der Waals surface area contributed by atoms with Crippen LogP contribution in [-0.2, 0) is 7.05 Å². The Morgan fingerprint density at radius 1 is 1.48 bits per heavy atom. The number of nitrogens with zero attached hydrogens (tertiary/aromatic N) is 2. The summed E-state index contributed by atoms with van der Waals surface area (Å²) in [7, 11) is 1.95. The molecular weight excluding hydrogens is 304 g/mol. The fraction of sp³-hybridized carbons (Fsp3) is 0.200. The van der Waals surface area contributed by atoms with Crippen molar-refractivity contribution in [3.05, 3.63) is 65.7 Å². The van der Waals surface area contributed by atoms with Crippen molar-refractivity contribution in [2.45, 2.75) is 6.04 Å². The predicted molar refractivity (Wildman–Crippen MR) is 90.4 cm³/mol. The maximum Gasteiger partial charge on any atom is 0.167 e. The number of aryl methyl sites for hydroxylation is 1. The lowest BCUT2D eigenvalue weighted by molar-refractivity contribution is 0.655. The van der Waals surface area contributed by atoms with Gasteiger partial charge in [0.05, 0.1) is 0 Å². The van der Waals surface area contributed by atoms with Crippen LogP contribution in [-0.4, -0.2) is 21.2 Å². The summed E-state index contributed by atoms with van der Waals surface area (Å²) in [5.41, 5.74) is 1.04. The molecule has 0 fully saturated rings. The highest BCUT2D eigenvalue weighted by Gasteiger charge is 2.19. The number of thiocarbonyl (C=S) groups is 1. The maximum atomic E-state index is 5.96. The Labute approximate surface area is 134 Å². The molecule has 0 bridgehead atoms. The first-order valence-electron chi connectivity index (χ1n) is 6.49. The van der Waals surface area contributed by atoms with E-state index in [1.54, 1.807) is 12.3 Å². The molecule has 2 rings (SSSR count). The van der Waals surface area contributed by atoms with Gasteiger partial charge in [0, 0.05) is 31.0 Å². The summed E-state index contributed by atoms with van der Waals surface area (Å²) in [6.45, 7) is 4.27. The highest BCUT2D eigenvalue weighted by atomic mass is 35.5. The molecule has 2 N–H and O–H groups in total. The number of hydrogen-bond donors (Lipinski definition) is 2. The molecule has 1 atom stereocenters. The Balaban J connectivity index is 2.26. The number of nitrogens with one attached hydrogen (secondary N) is 2. The topological polar surface area (TPSA) is 41.9 Å². The van der Waals surface area contributed by atoms with E-state index in [1.165, 1.54) is 0 Å². The molecule has 21 heavy (non-hydrogen) atoms. The van der Waals surface area contributed by atoms with Crippen molar-refractivity contribution in [1.82, 2.24) is 20.2 Å². The zero-order valence-corrected chi connectivity index (χ0v) is 13.3. The first-order chi connectivity index (χ1) is 10.1. The lowest BCUT2D eigenvalue weighted by Crippen LogP contribution is -2.39. The van der Waals surface area contributed by atoms with Gasteiger partial charge in [-0.1, -0.05) is 29.8 Å². The van der Waals surface area contributed by atoms with E-state index in [-0.39, 0.29) is 6.04 Å². The number of imidazole rings is 1. The average molecular weight is 321 g/mol. The van der Waals surface area contributed by atoms with Crippen molar-refractivity contribution in [3.63, 3.8) is 0 Å². The Morgan fingerprint density at radius 2 is 2.19 bits per heavy atom. The van der Waals surface area contributed by atoms with E-state index >= 15 is 0 Å². The van der Waals surface area contributed by atoms with Gasteiger partial charge in [-0.05, 0) is 29.9 Å². The molecule has 1 heterocycles. The van der Waals surface area contributed by atoms with Crippen molar-refractivity contribution < 1.29 is 0 Å². The van der Waals surface area contributed by atoms with Crippen LogP contribution in [0.15, 0.2) is 49.3 Å². The predicted octanol–water partition coefficient (Wildman–Crippen LogP) is 2.81. The summed E-state index contributed by atoms with van der Waals surface area (Å²) < 4.78 is 1.96. The van der Waals surface area contributed by atoms with Crippen LogP contribution >= 0.6 is 23.8 Å². The summed E-state index contributed by atoms with van der Waals surface area (Å²) >= 11 is 11.3. The van der Waals surface area contributed by atoms with Crippen LogP contribution < -0.4 is 10.6 Å². The van der Waals surface area contributed by atoms with Crippen molar-refractivity contribution in [1.29, 1.82) is 0 Å². The fourth-order valence-corrected chi connectivity index (χ4v) is 2.28. The van der Waals surface area contributed by atoms with E-state index in [0.717, 1.165) is 11.4 Å². The Hall–Kier alpha value is -1.85. The molecule has 0 aliphatic heterocycles. The quantitative estimate of drug-likeness (QED) is 0.656. The molecule has 0 amide bonds. The third kappa shape index (κ3) is 4.06. The molecule has 4 nitrogen and oxygen atoms in total. The largest absolute Gasteiger partial charge is 0.359 e. The van der Waals surface area contributed by atoms with E-state index in [0.29, 0.717) is 16.7 Å². The third-order valence-corrected chi connectivity index (χ3v) is 3.52. The molecule has 2 aromatic rings. The Kier molecular flexibility index (Phi) is 5.36. The molecule has 0 aliphatic rings. The normalized spacial score (nSPS) is 11.7. The van der Waals surface area contributed by atoms with Gasteiger partial charge in [0.1, 0.15) is 11.9 Å². The average Bonchev–Trinajstić information content (AvgIpc) is 2.89. The van der Waals surface area contributed by atoms with Crippen molar-refractivity contribution >= 4 is 28.9 Å². The van der Waals surface area contributed by atoms with Gasteiger partial charge < -0.3 is 15.2 Å². The summed E-state index contributed by atoms with van der Waals surface area (Å²) in [5.74, 6) is 0.875. The van der Waals surface area contributed by atoms with E-state index in [1.807, 2.05) is 42.1 Å². The second-order valence-electron chi connectivity index (χ2n) is 4.52. The SMILES string of the molecule is C=CCNC(=S)N[C@H](c1ccc(Cl)cc1)c1nccn1C. The molecule has 0 radical (unpaired) electrons. The van der Waals surface area contributed by atoms with Crippen molar-refractivity contribution in [2.24, 2.45) is 7.05 Å². The van der Waals surface area contributed by atoms with Gasteiger partial charge in [0.2, 0.25) is 0 Å². The van der Waals surface area contributed by atoms with Gasteiger partial charge in [0.25, 0.3) is 0 Å².